The SMILES string of the molecule is CCc1ccc(OC)c(C(=O)N2CCCN(C(=O)Cc3ccc[nH]3)CC2)c1. The smallest absolute Gasteiger partial charge is 0.257 e. The summed E-state index contributed by atoms with van der Waals surface area (Å²) in [5.41, 5.74) is 2.62. The molecule has 3 rings (SSSR count). The third kappa shape index (κ3) is 4.51. The fourth-order valence-electron chi connectivity index (χ4n) is 3.43. The first-order chi connectivity index (χ1) is 13.1. The van der Waals surface area contributed by atoms with Crippen LogP contribution in [0.25, 0.3) is 0 Å². The lowest BCUT2D eigenvalue weighted by Crippen LogP contribution is -2.38. The van der Waals surface area contributed by atoms with Gasteiger partial charge in [-0.05, 0) is 42.7 Å². The number of aromatic amines is 1. The molecule has 0 aliphatic carbocycles. The molecular weight excluding hydrogens is 342 g/mol. The Balaban J connectivity index is 1.67. The van der Waals surface area contributed by atoms with Crippen molar-refractivity contribution in [3.63, 3.8) is 0 Å². The molecule has 0 saturated carbocycles. The summed E-state index contributed by atoms with van der Waals surface area (Å²) in [6.45, 7) is 4.48. The average molecular weight is 369 g/mol. The summed E-state index contributed by atoms with van der Waals surface area (Å²) in [4.78, 5) is 32.4. The number of methoxy groups -OCH3 is 1. The summed E-state index contributed by atoms with van der Waals surface area (Å²) in [5.74, 6) is 0.666. The van der Waals surface area contributed by atoms with E-state index in [0.717, 1.165) is 24.1 Å². The molecule has 1 aliphatic heterocycles. The number of amides is 2. The highest BCUT2D eigenvalue weighted by Crippen LogP contribution is 2.23. The molecule has 0 spiro atoms. The third-order valence-electron chi connectivity index (χ3n) is 5.04. The zero-order valence-electron chi connectivity index (χ0n) is 16.0. The van der Waals surface area contributed by atoms with Crippen LogP contribution in [0, 0.1) is 0 Å². The van der Waals surface area contributed by atoms with Crippen LogP contribution in [0.1, 0.15) is 35.0 Å². The van der Waals surface area contributed by atoms with E-state index in [1.54, 1.807) is 7.11 Å². The number of carbonyl (C=O) groups excluding carboxylic acids is 2. The monoisotopic (exact) mass is 369 g/mol. The predicted octanol–water partition coefficient (Wildman–Crippen LogP) is 2.50. The van der Waals surface area contributed by atoms with Crippen molar-refractivity contribution >= 4 is 11.8 Å². The highest BCUT2D eigenvalue weighted by molar-refractivity contribution is 5.97. The van der Waals surface area contributed by atoms with Crippen LogP contribution in [0.3, 0.4) is 0 Å². The minimum Gasteiger partial charge on any atom is -0.496 e. The lowest BCUT2D eigenvalue weighted by molar-refractivity contribution is -0.130. The van der Waals surface area contributed by atoms with Crippen LogP contribution >= 0.6 is 0 Å². The summed E-state index contributed by atoms with van der Waals surface area (Å²) >= 11 is 0. The Labute approximate surface area is 160 Å². The maximum absolute atomic E-state index is 13.1. The number of aryl methyl sites for hydroxylation is 1. The minimum absolute atomic E-state index is 0.0270. The number of carbonyl (C=O) groups is 2. The first-order valence-electron chi connectivity index (χ1n) is 9.48. The Bertz CT molecular complexity index is 786. The Morgan fingerprint density at radius 1 is 1.11 bits per heavy atom. The van der Waals surface area contributed by atoms with Crippen LogP contribution in [0.5, 0.6) is 5.75 Å². The van der Waals surface area contributed by atoms with E-state index < -0.39 is 0 Å². The Morgan fingerprint density at radius 2 is 1.89 bits per heavy atom. The standard InChI is InChI=1S/C21H27N3O3/c1-3-16-7-8-19(27-2)18(14-16)21(26)24-11-5-10-23(12-13-24)20(25)15-17-6-4-9-22-17/h4,6-9,14,22H,3,5,10-13,15H2,1-2H3. The van der Waals surface area contributed by atoms with Gasteiger partial charge in [-0.3, -0.25) is 9.59 Å². The fourth-order valence-corrected chi connectivity index (χ4v) is 3.43. The van der Waals surface area contributed by atoms with Gasteiger partial charge in [-0.15, -0.1) is 0 Å². The Morgan fingerprint density at radius 3 is 2.59 bits per heavy atom. The van der Waals surface area contributed by atoms with Gasteiger partial charge in [0, 0.05) is 38.1 Å². The second-order valence-electron chi connectivity index (χ2n) is 6.79. The van der Waals surface area contributed by atoms with Crippen molar-refractivity contribution in [2.24, 2.45) is 0 Å². The van der Waals surface area contributed by atoms with Gasteiger partial charge in [0.2, 0.25) is 5.91 Å². The average Bonchev–Trinajstić information content (AvgIpc) is 3.07. The molecule has 1 N–H and O–H groups in total. The van der Waals surface area contributed by atoms with Crippen LogP contribution in [-0.2, 0) is 17.6 Å². The molecule has 27 heavy (non-hydrogen) atoms. The van der Waals surface area contributed by atoms with Crippen LogP contribution in [-0.4, -0.2) is 59.9 Å². The first kappa shape index (κ1) is 19.0. The van der Waals surface area contributed by atoms with Gasteiger partial charge in [-0.1, -0.05) is 13.0 Å². The van der Waals surface area contributed by atoms with Crippen molar-refractivity contribution in [2.45, 2.75) is 26.2 Å². The quantitative estimate of drug-likeness (QED) is 0.881. The summed E-state index contributed by atoms with van der Waals surface area (Å²) in [6.07, 6.45) is 3.83. The molecule has 6 heteroatoms. The van der Waals surface area contributed by atoms with Gasteiger partial charge < -0.3 is 19.5 Å². The third-order valence-corrected chi connectivity index (χ3v) is 5.04. The number of nitrogens with zero attached hydrogens (tertiary/aromatic N) is 2. The number of benzene rings is 1. The number of H-pyrrole nitrogens is 1. The molecule has 0 unspecified atom stereocenters. The molecule has 144 valence electrons. The lowest BCUT2D eigenvalue weighted by atomic mass is 10.1. The minimum atomic E-state index is -0.0270. The van der Waals surface area contributed by atoms with Crippen LogP contribution < -0.4 is 4.74 Å². The molecule has 2 heterocycles. The normalized spacial score (nSPS) is 14.7. The van der Waals surface area contributed by atoms with Gasteiger partial charge in [-0.25, -0.2) is 0 Å². The van der Waals surface area contributed by atoms with E-state index in [0.29, 0.717) is 43.9 Å². The number of hydrogen-bond acceptors (Lipinski definition) is 3. The molecule has 1 saturated heterocycles. The van der Waals surface area contributed by atoms with E-state index in [4.69, 9.17) is 4.74 Å². The molecular formula is C21H27N3O3. The zero-order chi connectivity index (χ0) is 19.2. The number of hydrogen-bond donors (Lipinski definition) is 1. The molecule has 6 nitrogen and oxygen atoms in total. The maximum Gasteiger partial charge on any atom is 0.257 e. The van der Waals surface area contributed by atoms with Gasteiger partial charge in [-0.2, -0.15) is 0 Å². The highest BCUT2D eigenvalue weighted by Gasteiger charge is 2.25. The molecule has 0 radical (unpaired) electrons. The van der Waals surface area contributed by atoms with Crippen molar-refractivity contribution in [1.29, 1.82) is 0 Å². The number of nitrogens with one attached hydrogen (secondary N) is 1. The van der Waals surface area contributed by atoms with Crippen molar-refractivity contribution in [3.8, 4) is 5.75 Å². The molecule has 1 aliphatic rings. The maximum atomic E-state index is 13.1. The number of aromatic nitrogens is 1. The molecule has 1 aromatic carbocycles. The Kier molecular flexibility index (Phi) is 6.16. The van der Waals surface area contributed by atoms with E-state index in [2.05, 4.69) is 11.9 Å². The van der Waals surface area contributed by atoms with Crippen LogP contribution in [0.2, 0.25) is 0 Å². The molecule has 2 amide bonds. The predicted molar refractivity (Wildman–Crippen MR) is 104 cm³/mol. The fraction of sp³-hybridized carbons (Fsp3) is 0.429. The van der Waals surface area contributed by atoms with E-state index >= 15 is 0 Å². The van der Waals surface area contributed by atoms with Crippen molar-refractivity contribution in [1.82, 2.24) is 14.8 Å². The summed E-state index contributed by atoms with van der Waals surface area (Å²) in [5, 5.41) is 0. The zero-order valence-corrected chi connectivity index (χ0v) is 16.0. The number of ether oxygens (including phenoxy) is 1. The summed E-state index contributed by atoms with van der Waals surface area (Å²) in [6, 6.07) is 9.57. The van der Waals surface area contributed by atoms with E-state index in [1.165, 1.54) is 0 Å². The van der Waals surface area contributed by atoms with Crippen molar-refractivity contribution in [2.75, 3.05) is 33.3 Å². The van der Waals surface area contributed by atoms with Gasteiger partial charge in [0.1, 0.15) is 5.75 Å². The second kappa shape index (κ2) is 8.75. The summed E-state index contributed by atoms with van der Waals surface area (Å²) < 4.78 is 5.39. The van der Waals surface area contributed by atoms with Crippen molar-refractivity contribution in [3.05, 3.63) is 53.3 Å². The van der Waals surface area contributed by atoms with E-state index in [1.807, 2.05) is 46.3 Å². The largest absolute Gasteiger partial charge is 0.496 e. The van der Waals surface area contributed by atoms with Crippen LogP contribution in [0.4, 0.5) is 0 Å². The highest BCUT2D eigenvalue weighted by atomic mass is 16.5. The van der Waals surface area contributed by atoms with Gasteiger partial charge in [0.25, 0.3) is 5.91 Å². The number of rotatable bonds is 5. The topological polar surface area (TPSA) is 65.6 Å². The first-order valence-corrected chi connectivity index (χ1v) is 9.48. The molecule has 1 aromatic heterocycles. The van der Waals surface area contributed by atoms with Gasteiger partial charge in [0.15, 0.2) is 0 Å². The van der Waals surface area contributed by atoms with Gasteiger partial charge in [0.05, 0.1) is 19.1 Å². The molecule has 0 atom stereocenters. The lowest BCUT2D eigenvalue weighted by Gasteiger charge is -2.23. The van der Waals surface area contributed by atoms with E-state index in [-0.39, 0.29) is 11.8 Å². The summed E-state index contributed by atoms with van der Waals surface area (Å²) in [7, 11) is 1.58. The molecule has 2 aromatic rings. The van der Waals surface area contributed by atoms with Crippen LogP contribution in [0.15, 0.2) is 36.5 Å². The Hall–Kier alpha value is -2.76. The molecule has 1 fully saturated rings. The molecule has 0 bridgehead atoms. The van der Waals surface area contributed by atoms with E-state index in [9.17, 15) is 9.59 Å². The van der Waals surface area contributed by atoms with Gasteiger partial charge >= 0.3 is 0 Å². The second-order valence-corrected chi connectivity index (χ2v) is 6.79. The van der Waals surface area contributed by atoms with Crippen molar-refractivity contribution < 1.29 is 14.3 Å².